The summed E-state index contributed by atoms with van der Waals surface area (Å²) in [5.41, 5.74) is 1.15. The van der Waals surface area contributed by atoms with Crippen molar-refractivity contribution in [3.05, 3.63) is 40.3 Å². The Morgan fingerprint density at radius 1 is 1.55 bits per heavy atom. The topological polar surface area (TPSA) is 41.6 Å². The Morgan fingerprint density at radius 2 is 2.25 bits per heavy atom. The van der Waals surface area contributed by atoms with Crippen LogP contribution in [0.1, 0.15) is 23.5 Å². The Labute approximate surface area is 119 Å². The minimum Gasteiger partial charge on any atom is -0.268 e. The molecule has 0 saturated heterocycles. The molecule has 0 N–H and O–H groups in total. The third-order valence-corrected chi connectivity index (χ3v) is 3.83. The highest BCUT2D eigenvalue weighted by Gasteiger charge is 2.41. The van der Waals surface area contributed by atoms with Crippen molar-refractivity contribution in [3.63, 3.8) is 0 Å². The van der Waals surface area contributed by atoms with Crippen molar-refractivity contribution < 1.29 is 8.78 Å². The van der Waals surface area contributed by atoms with Gasteiger partial charge in [-0.25, -0.2) is 8.78 Å². The minimum atomic E-state index is -0.983. The molecular formula is C14H10ClF2N3. The van der Waals surface area contributed by atoms with E-state index in [0.29, 0.717) is 17.7 Å². The lowest BCUT2D eigenvalue weighted by molar-refractivity contribution is 0.468. The maximum Gasteiger partial charge on any atom is 0.152 e. The van der Waals surface area contributed by atoms with Gasteiger partial charge in [0.2, 0.25) is 0 Å². The van der Waals surface area contributed by atoms with Crippen molar-refractivity contribution in [3.8, 4) is 17.3 Å². The van der Waals surface area contributed by atoms with E-state index in [0.717, 1.165) is 0 Å². The van der Waals surface area contributed by atoms with Crippen LogP contribution < -0.4 is 0 Å². The highest BCUT2D eigenvalue weighted by Crippen LogP contribution is 2.47. The van der Waals surface area contributed by atoms with Crippen molar-refractivity contribution in [2.45, 2.75) is 18.5 Å². The van der Waals surface area contributed by atoms with E-state index in [2.05, 4.69) is 5.10 Å². The SMILES string of the molecule is Cn1nccc1-c1c(F)c(Cl)cc(C2CC2F)c1C#N. The number of halogens is 3. The maximum absolute atomic E-state index is 14.3. The summed E-state index contributed by atoms with van der Waals surface area (Å²) in [6, 6.07) is 4.94. The molecule has 1 heterocycles. The lowest BCUT2D eigenvalue weighted by atomic mass is 9.96. The van der Waals surface area contributed by atoms with Crippen LogP contribution >= 0.6 is 11.6 Å². The minimum absolute atomic E-state index is 0.0918. The lowest BCUT2D eigenvalue weighted by Gasteiger charge is -2.12. The highest BCUT2D eigenvalue weighted by molar-refractivity contribution is 6.31. The standard InChI is InChI=1S/C14H10ClF2N3/c1-20-12(2-3-19-20)13-9(6-18)7(8-5-11(8)16)4-10(15)14(13)17/h2-4,8,11H,5H2,1H3. The molecule has 2 unspecified atom stereocenters. The van der Waals surface area contributed by atoms with Crippen LogP contribution in [0.3, 0.4) is 0 Å². The summed E-state index contributed by atoms with van der Waals surface area (Å²) in [6.07, 6.45) is 0.871. The molecule has 1 aromatic carbocycles. The molecule has 102 valence electrons. The third-order valence-electron chi connectivity index (χ3n) is 3.55. The van der Waals surface area contributed by atoms with Crippen molar-refractivity contribution in [1.29, 1.82) is 5.26 Å². The molecule has 2 atom stereocenters. The first-order valence-electron chi connectivity index (χ1n) is 6.09. The molecular weight excluding hydrogens is 284 g/mol. The zero-order valence-corrected chi connectivity index (χ0v) is 11.3. The Bertz CT molecular complexity index is 733. The van der Waals surface area contributed by atoms with Gasteiger partial charge < -0.3 is 0 Å². The molecule has 0 aliphatic heterocycles. The number of rotatable bonds is 2. The van der Waals surface area contributed by atoms with Gasteiger partial charge in [0.1, 0.15) is 12.2 Å². The number of nitriles is 1. The molecule has 1 fully saturated rings. The van der Waals surface area contributed by atoms with Crippen LogP contribution in [-0.2, 0) is 7.05 Å². The number of nitrogens with zero attached hydrogens (tertiary/aromatic N) is 3. The summed E-state index contributed by atoms with van der Waals surface area (Å²) >= 11 is 5.90. The lowest BCUT2D eigenvalue weighted by Crippen LogP contribution is -2.02. The van der Waals surface area contributed by atoms with E-state index >= 15 is 0 Å². The molecule has 1 aromatic heterocycles. The van der Waals surface area contributed by atoms with E-state index in [-0.39, 0.29) is 22.1 Å². The predicted octanol–water partition coefficient (Wildman–Crippen LogP) is 3.58. The van der Waals surface area contributed by atoms with Crippen molar-refractivity contribution in [1.82, 2.24) is 9.78 Å². The predicted molar refractivity (Wildman–Crippen MR) is 70.6 cm³/mol. The van der Waals surface area contributed by atoms with Crippen LogP contribution in [0.4, 0.5) is 8.78 Å². The summed E-state index contributed by atoms with van der Waals surface area (Å²) in [5.74, 6) is -1.04. The van der Waals surface area contributed by atoms with Gasteiger partial charge in [-0.05, 0) is 24.1 Å². The first-order chi connectivity index (χ1) is 9.54. The Morgan fingerprint density at radius 3 is 2.75 bits per heavy atom. The summed E-state index contributed by atoms with van der Waals surface area (Å²) < 4.78 is 29.1. The Kier molecular flexibility index (Phi) is 2.98. The first-order valence-corrected chi connectivity index (χ1v) is 6.46. The molecule has 0 spiro atoms. The van der Waals surface area contributed by atoms with Crippen molar-refractivity contribution in [2.75, 3.05) is 0 Å². The molecule has 0 radical (unpaired) electrons. The van der Waals surface area contributed by atoms with Gasteiger partial charge >= 0.3 is 0 Å². The maximum atomic E-state index is 14.3. The normalized spacial score (nSPS) is 20.8. The number of benzene rings is 1. The molecule has 1 saturated carbocycles. The number of hydrogen-bond donors (Lipinski definition) is 0. The Balaban J connectivity index is 2.30. The van der Waals surface area contributed by atoms with Gasteiger partial charge in [0.15, 0.2) is 5.82 Å². The smallest absolute Gasteiger partial charge is 0.152 e. The van der Waals surface area contributed by atoms with E-state index in [9.17, 15) is 14.0 Å². The second-order valence-electron chi connectivity index (χ2n) is 4.82. The Hall–Kier alpha value is -1.93. The quantitative estimate of drug-likeness (QED) is 0.849. The van der Waals surface area contributed by atoms with Gasteiger partial charge in [-0.2, -0.15) is 10.4 Å². The van der Waals surface area contributed by atoms with Crippen molar-refractivity contribution >= 4 is 11.6 Å². The van der Waals surface area contributed by atoms with Crippen LogP contribution in [0.5, 0.6) is 0 Å². The summed E-state index contributed by atoms with van der Waals surface area (Å²) in [7, 11) is 1.64. The van der Waals surface area contributed by atoms with E-state index < -0.39 is 12.0 Å². The zero-order valence-electron chi connectivity index (χ0n) is 10.6. The van der Waals surface area contributed by atoms with E-state index in [4.69, 9.17) is 11.6 Å². The second-order valence-corrected chi connectivity index (χ2v) is 5.23. The van der Waals surface area contributed by atoms with Gasteiger partial charge in [-0.1, -0.05) is 11.6 Å². The molecule has 3 rings (SSSR count). The zero-order chi connectivity index (χ0) is 14.4. The van der Waals surface area contributed by atoms with Gasteiger partial charge in [0, 0.05) is 19.2 Å². The summed E-state index contributed by atoms with van der Waals surface area (Å²) in [6.45, 7) is 0. The fourth-order valence-electron chi connectivity index (χ4n) is 2.40. The van der Waals surface area contributed by atoms with E-state index in [1.165, 1.54) is 16.9 Å². The molecule has 2 aromatic rings. The molecule has 1 aliphatic rings. The van der Waals surface area contributed by atoms with E-state index in [1.54, 1.807) is 13.1 Å². The number of alkyl halides is 1. The number of aryl methyl sites for hydroxylation is 1. The van der Waals surface area contributed by atoms with Crippen LogP contribution in [0.2, 0.25) is 5.02 Å². The van der Waals surface area contributed by atoms with E-state index in [1.807, 2.05) is 6.07 Å². The first kappa shape index (κ1) is 13.1. The van der Waals surface area contributed by atoms with Gasteiger partial charge in [-0.15, -0.1) is 0 Å². The van der Waals surface area contributed by atoms with Crippen LogP contribution in [0.15, 0.2) is 18.3 Å². The monoisotopic (exact) mass is 293 g/mol. The van der Waals surface area contributed by atoms with Crippen LogP contribution in [0, 0.1) is 17.1 Å². The average Bonchev–Trinajstić information content (AvgIpc) is 2.99. The summed E-state index contributed by atoms with van der Waals surface area (Å²) in [4.78, 5) is 0. The molecule has 20 heavy (non-hydrogen) atoms. The highest BCUT2D eigenvalue weighted by atomic mass is 35.5. The molecule has 1 aliphatic carbocycles. The van der Waals surface area contributed by atoms with Crippen LogP contribution in [0.25, 0.3) is 11.3 Å². The molecule has 0 amide bonds. The van der Waals surface area contributed by atoms with Crippen molar-refractivity contribution in [2.24, 2.45) is 7.05 Å². The second kappa shape index (κ2) is 4.57. The largest absolute Gasteiger partial charge is 0.268 e. The number of hydrogen-bond acceptors (Lipinski definition) is 2. The fraction of sp³-hybridized carbons (Fsp3) is 0.286. The van der Waals surface area contributed by atoms with Gasteiger partial charge in [0.25, 0.3) is 0 Å². The fourth-order valence-corrected chi connectivity index (χ4v) is 2.62. The third kappa shape index (κ3) is 1.88. The number of aromatic nitrogens is 2. The van der Waals surface area contributed by atoms with Gasteiger partial charge in [0.05, 0.1) is 21.8 Å². The molecule has 0 bridgehead atoms. The van der Waals surface area contributed by atoms with Crippen LogP contribution in [-0.4, -0.2) is 16.0 Å². The average molecular weight is 294 g/mol. The van der Waals surface area contributed by atoms with Gasteiger partial charge in [-0.3, -0.25) is 4.68 Å². The molecule has 6 heteroatoms. The molecule has 3 nitrogen and oxygen atoms in total. The summed E-state index contributed by atoms with van der Waals surface area (Å²) in [5, 5.41) is 13.2.